The highest BCUT2D eigenvalue weighted by molar-refractivity contribution is 9.10. The number of H-pyrrole nitrogens is 1. The Bertz CT molecular complexity index is 1320. The summed E-state index contributed by atoms with van der Waals surface area (Å²) in [6.07, 6.45) is 1.66. The number of imidazole rings is 1. The molecule has 0 saturated heterocycles. The van der Waals surface area contributed by atoms with Gasteiger partial charge < -0.3 is 25.5 Å². The van der Waals surface area contributed by atoms with Crippen LogP contribution in [0.25, 0.3) is 28.2 Å². The van der Waals surface area contributed by atoms with Crippen LogP contribution in [0.15, 0.2) is 41.0 Å². The first-order valence-electron chi connectivity index (χ1n) is 11.4. The molecule has 0 saturated carbocycles. The molecule has 4 rings (SSSR count). The molecule has 0 fully saturated rings. The van der Waals surface area contributed by atoms with Crippen molar-refractivity contribution < 1.29 is 4.79 Å². The standard InChI is InChI=1S/C25H30BrN7O/c1-5-32(6-2)12-11-28-25(34)17-7-9-18(10-8-17)33-15(3)13-19(16(33)4)23-30-22-21(27)20(26)14-29-24(22)31-23/h7-10,13-14H,5-6,11-12H2,1-4H3,(H,28,34)(H3,27,29,30,31). The van der Waals surface area contributed by atoms with Crippen molar-refractivity contribution in [3.8, 4) is 17.1 Å². The van der Waals surface area contributed by atoms with E-state index in [9.17, 15) is 4.79 Å². The van der Waals surface area contributed by atoms with Gasteiger partial charge in [-0.05, 0) is 73.2 Å². The van der Waals surface area contributed by atoms with E-state index in [-0.39, 0.29) is 5.91 Å². The summed E-state index contributed by atoms with van der Waals surface area (Å²) >= 11 is 3.42. The molecule has 0 spiro atoms. The van der Waals surface area contributed by atoms with Crippen LogP contribution in [-0.2, 0) is 0 Å². The summed E-state index contributed by atoms with van der Waals surface area (Å²) < 4.78 is 2.88. The normalized spacial score (nSPS) is 11.5. The number of nitrogens with zero attached hydrogens (tertiary/aromatic N) is 4. The summed E-state index contributed by atoms with van der Waals surface area (Å²) in [6, 6.07) is 9.76. The molecule has 0 atom stereocenters. The molecule has 0 aliphatic heterocycles. The highest BCUT2D eigenvalue weighted by Gasteiger charge is 2.17. The Labute approximate surface area is 207 Å². The van der Waals surface area contributed by atoms with Crippen molar-refractivity contribution in [2.24, 2.45) is 0 Å². The van der Waals surface area contributed by atoms with Gasteiger partial charge in [-0.25, -0.2) is 9.97 Å². The predicted octanol–water partition coefficient (Wildman–Crippen LogP) is 4.45. The molecule has 0 aliphatic carbocycles. The van der Waals surface area contributed by atoms with Crippen LogP contribution in [0.2, 0.25) is 0 Å². The van der Waals surface area contributed by atoms with E-state index in [0.717, 1.165) is 52.6 Å². The molecule has 0 bridgehead atoms. The maximum Gasteiger partial charge on any atom is 0.251 e. The van der Waals surface area contributed by atoms with Crippen molar-refractivity contribution in [2.75, 3.05) is 31.9 Å². The minimum atomic E-state index is -0.0566. The summed E-state index contributed by atoms with van der Waals surface area (Å²) in [5, 5.41) is 3.01. The van der Waals surface area contributed by atoms with E-state index >= 15 is 0 Å². The lowest BCUT2D eigenvalue weighted by Gasteiger charge is -2.18. The number of carbonyl (C=O) groups is 1. The second kappa shape index (κ2) is 9.99. The van der Waals surface area contributed by atoms with Gasteiger partial charge >= 0.3 is 0 Å². The maximum absolute atomic E-state index is 12.5. The van der Waals surface area contributed by atoms with Crippen LogP contribution in [0.5, 0.6) is 0 Å². The van der Waals surface area contributed by atoms with E-state index < -0.39 is 0 Å². The molecular formula is C25H30BrN7O. The number of aromatic nitrogens is 4. The molecule has 0 radical (unpaired) electrons. The second-order valence-electron chi connectivity index (χ2n) is 8.25. The Morgan fingerprint density at radius 1 is 1.21 bits per heavy atom. The average molecular weight is 524 g/mol. The Morgan fingerprint density at radius 3 is 2.59 bits per heavy atom. The monoisotopic (exact) mass is 523 g/mol. The number of aryl methyl sites for hydroxylation is 1. The molecular weight excluding hydrogens is 494 g/mol. The summed E-state index contributed by atoms with van der Waals surface area (Å²) in [7, 11) is 0. The number of aromatic amines is 1. The third-order valence-electron chi connectivity index (χ3n) is 6.19. The van der Waals surface area contributed by atoms with Crippen LogP contribution >= 0.6 is 15.9 Å². The van der Waals surface area contributed by atoms with E-state index in [1.165, 1.54) is 0 Å². The number of carbonyl (C=O) groups excluding carboxylic acids is 1. The number of benzene rings is 1. The molecule has 34 heavy (non-hydrogen) atoms. The number of nitrogens with two attached hydrogens (primary N) is 1. The van der Waals surface area contributed by atoms with Crippen molar-refractivity contribution in [1.29, 1.82) is 0 Å². The summed E-state index contributed by atoms with van der Waals surface area (Å²) in [5.41, 5.74) is 12.8. The largest absolute Gasteiger partial charge is 0.396 e. The fourth-order valence-electron chi connectivity index (χ4n) is 4.21. The molecule has 178 valence electrons. The van der Waals surface area contributed by atoms with Gasteiger partial charge in [-0.2, -0.15) is 0 Å². The topological polar surface area (TPSA) is 105 Å². The number of hydrogen-bond donors (Lipinski definition) is 3. The van der Waals surface area contributed by atoms with Gasteiger partial charge in [0.15, 0.2) is 5.65 Å². The Hall–Kier alpha value is -3.17. The van der Waals surface area contributed by atoms with Gasteiger partial charge in [0.25, 0.3) is 5.91 Å². The fraction of sp³-hybridized carbons (Fsp3) is 0.320. The van der Waals surface area contributed by atoms with Crippen LogP contribution < -0.4 is 11.1 Å². The van der Waals surface area contributed by atoms with Gasteiger partial charge in [-0.3, -0.25) is 4.79 Å². The fourth-order valence-corrected chi connectivity index (χ4v) is 4.51. The summed E-state index contributed by atoms with van der Waals surface area (Å²) in [6.45, 7) is 11.8. The third kappa shape index (κ3) is 4.58. The molecule has 4 N–H and O–H groups in total. The number of rotatable bonds is 8. The maximum atomic E-state index is 12.5. The third-order valence-corrected chi connectivity index (χ3v) is 6.83. The van der Waals surface area contributed by atoms with E-state index in [1.807, 2.05) is 24.3 Å². The van der Waals surface area contributed by atoms with Crippen molar-refractivity contribution in [3.63, 3.8) is 0 Å². The van der Waals surface area contributed by atoms with Crippen LogP contribution in [0, 0.1) is 13.8 Å². The molecule has 8 nitrogen and oxygen atoms in total. The zero-order chi connectivity index (χ0) is 24.4. The number of halogens is 1. The SMILES string of the molecule is CCN(CC)CCNC(=O)c1ccc(-n2c(C)cc(-c3nc4ncc(Br)c(N)c4[nH]3)c2C)cc1. The van der Waals surface area contributed by atoms with Gasteiger partial charge in [-0.1, -0.05) is 13.8 Å². The second-order valence-corrected chi connectivity index (χ2v) is 9.11. The number of nitrogen functional groups attached to an aromatic ring is 1. The van der Waals surface area contributed by atoms with Crippen LogP contribution in [0.4, 0.5) is 5.69 Å². The quantitative estimate of drug-likeness (QED) is 0.316. The first-order chi connectivity index (χ1) is 16.3. The van der Waals surface area contributed by atoms with Crippen LogP contribution in [-0.4, -0.2) is 56.5 Å². The Morgan fingerprint density at radius 2 is 1.91 bits per heavy atom. The summed E-state index contributed by atoms with van der Waals surface area (Å²) in [4.78, 5) is 27.1. The predicted molar refractivity (Wildman–Crippen MR) is 140 cm³/mol. The zero-order valence-corrected chi connectivity index (χ0v) is 21.5. The van der Waals surface area contributed by atoms with Gasteiger partial charge in [-0.15, -0.1) is 0 Å². The van der Waals surface area contributed by atoms with Gasteiger partial charge in [0.05, 0.1) is 10.2 Å². The minimum absolute atomic E-state index is 0.0566. The Balaban J connectivity index is 1.56. The van der Waals surface area contributed by atoms with Gasteiger partial charge in [0.2, 0.25) is 0 Å². The number of anilines is 1. The van der Waals surface area contributed by atoms with Crippen molar-refractivity contribution in [2.45, 2.75) is 27.7 Å². The molecule has 1 amide bonds. The number of likely N-dealkylation sites (N-methyl/N-ethyl adjacent to an activating group) is 1. The molecule has 3 heterocycles. The highest BCUT2D eigenvalue weighted by Crippen LogP contribution is 2.32. The molecule has 9 heteroatoms. The molecule has 0 unspecified atom stereocenters. The average Bonchev–Trinajstić information content (AvgIpc) is 3.40. The zero-order valence-electron chi connectivity index (χ0n) is 19.9. The van der Waals surface area contributed by atoms with E-state index in [0.29, 0.717) is 29.0 Å². The van der Waals surface area contributed by atoms with Crippen LogP contribution in [0.1, 0.15) is 35.6 Å². The highest BCUT2D eigenvalue weighted by atomic mass is 79.9. The van der Waals surface area contributed by atoms with E-state index in [2.05, 4.69) is 79.4 Å². The van der Waals surface area contributed by atoms with E-state index in [1.54, 1.807) is 6.20 Å². The van der Waals surface area contributed by atoms with E-state index in [4.69, 9.17) is 5.73 Å². The first kappa shape index (κ1) is 24.0. The lowest BCUT2D eigenvalue weighted by atomic mass is 10.2. The molecule has 3 aromatic heterocycles. The molecule has 1 aromatic carbocycles. The lowest BCUT2D eigenvalue weighted by Crippen LogP contribution is -2.34. The van der Waals surface area contributed by atoms with Crippen molar-refractivity contribution in [1.82, 2.24) is 29.7 Å². The lowest BCUT2D eigenvalue weighted by molar-refractivity contribution is 0.0949. The first-order valence-corrected chi connectivity index (χ1v) is 12.2. The number of fused-ring (bicyclic) bond motifs is 1. The molecule has 4 aromatic rings. The molecule has 0 aliphatic rings. The van der Waals surface area contributed by atoms with Crippen molar-refractivity contribution in [3.05, 3.63) is 58.0 Å². The number of nitrogens with one attached hydrogen (secondary N) is 2. The van der Waals surface area contributed by atoms with Crippen molar-refractivity contribution >= 4 is 38.7 Å². The number of hydrogen-bond acceptors (Lipinski definition) is 5. The Kier molecular flexibility index (Phi) is 7.04. The number of pyridine rings is 1. The smallest absolute Gasteiger partial charge is 0.251 e. The summed E-state index contributed by atoms with van der Waals surface area (Å²) in [5.74, 6) is 0.662. The van der Waals surface area contributed by atoms with Gasteiger partial charge in [0.1, 0.15) is 11.3 Å². The minimum Gasteiger partial charge on any atom is -0.396 e. The van der Waals surface area contributed by atoms with Crippen LogP contribution in [0.3, 0.4) is 0 Å². The van der Waals surface area contributed by atoms with Gasteiger partial charge in [0, 0.05) is 47.5 Å². The number of amides is 1.